The third kappa shape index (κ3) is 71.7. The molecule has 19 heteroatoms. The predicted octanol–water partition coefficient (Wildman–Crippen LogP) is 24.0. The lowest BCUT2D eigenvalue weighted by Crippen LogP contribution is -2.30. The van der Waals surface area contributed by atoms with Crippen molar-refractivity contribution in [2.45, 2.75) is 433 Å². The molecular weight excluding hydrogens is 1310 g/mol. The molecule has 0 radical (unpaired) electrons. The van der Waals surface area contributed by atoms with E-state index in [-0.39, 0.29) is 25.7 Å². The minimum absolute atomic E-state index is 0.106. The van der Waals surface area contributed by atoms with Gasteiger partial charge in [0.15, 0.2) is 12.2 Å². The molecule has 0 heterocycles. The van der Waals surface area contributed by atoms with Gasteiger partial charge in [-0.1, -0.05) is 364 Å². The lowest BCUT2D eigenvalue weighted by Gasteiger charge is -2.21. The number of phosphoric ester groups is 2. The number of esters is 4. The van der Waals surface area contributed by atoms with Crippen molar-refractivity contribution in [3.8, 4) is 0 Å². The van der Waals surface area contributed by atoms with Gasteiger partial charge in [0.2, 0.25) is 0 Å². The van der Waals surface area contributed by atoms with E-state index in [1.165, 1.54) is 218 Å². The van der Waals surface area contributed by atoms with Gasteiger partial charge in [-0.15, -0.1) is 0 Å². The van der Waals surface area contributed by atoms with E-state index in [0.29, 0.717) is 25.7 Å². The van der Waals surface area contributed by atoms with Crippen LogP contribution in [0.4, 0.5) is 0 Å². The lowest BCUT2D eigenvalue weighted by molar-refractivity contribution is -0.161. The lowest BCUT2D eigenvalue weighted by atomic mass is 9.99. The van der Waals surface area contributed by atoms with E-state index in [2.05, 4.69) is 55.4 Å². The van der Waals surface area contributed by atoms with Crippen LogP contribution in [0.3, 0.4) is 0 Å². The summed E-state index contributed by atoms with van der Waals surface area (Å²) in [4.78, 5) is 73.1. The molecule has 0 bridgehead atoms. The van der Waals surface area contributed by atoms with E-state index in [9.17, 15) is 43.2 Å². The van der Waals surface area contributed by atoms with Crippen molar-refractivity contribution in [3.63, 3.8) is 0 Å². The van der Waals surface area contributed by atoms with Crippen LogP contribution in [0.25, 0.3) is 0 Å². The molecule has 0 fully saturated rings. The Labute approximate surface area is 613 Å². The molecule has 0 amide bonds. The number of hydrogen-bond donors (Lipinski definition) is 3. The third-order valence-corrected chi connectivity index (χ3v) is 21.4. The highest BCUT2D eigenvalue weighted by Gasteiger charge is 2.30. The number of phosphoric acid groups is 2. The largest absolute Gasteiger partial charge is 0.472 e. The van der Waals surface area contributed by atoms with Gasteiger partial charge in [-0.05, 0) is 49.4 Å². The third-order valence-electron chi connectivity index (χ3n) is 19.5. The van der Waals surface area contributed by atoms with Gasteiger partial charge in [0, 0.05) is 25.7 Å². The quantitative estimate of drug-likeness (QED) is 0.0222. The Morgan fingerprint density at radius 3 is 0.710 bits per heavy atom. The van der Waals surface area contributed by atoms with Crippen LogP contribution in [-0.2, 0) is 65.4 Å². The van der Waals surface area contributed by atoms with Gasteiger partial charge in [0.1, 0.15) is 19.3 Å². The summed E-state index contributed by atoms with van der Waals surface area (Å²) in [6, 6.07) is 0. The number of carbonyl (C=O) groups is 4. The normalized spacial score (nSPS) is 14.6. The Hall–Kier alpha value is -1.94. The van der Waals surface area contributed by atoms with E-state index in [0.717, 1.165) is 114 Å². The van der Waals surface area contributed by atoms with Crippen molar-refractivity contribution in [2.75, 3.05) is 39.6 Å². The standard InChI is InChI=1S/C81H158O17P2/c1-9-73(7)59-51-43-35-27-21-15-11-12-16-23-29-39-47-55-63-80(85)97-76(67-91-78(83)61-53-45-37-28-22-17-13-14-19-25-33-41-49-57-71(3)4)69-95-99(87,88)93-65-75(82)66-94-100(89,90)96-70-77(68-92-79(84)62-54-46-38-32-31-36-44-52-60-74(8)10-2)98-81(86)64-56-48-40-30-24-18-20-26-34-42-50-58-72(5)6/h71-77,82H,9-70H2,1-8H3,(H,87,88)(H,89,90)/t73?,74?,75-,76-,77-/m1/s1. The molecule has 0 aliphatic carbocycles. The van der Waals surface area contributed by atoms with Crippen LogP contribution in [0, 0.1) is 23.7 Å². The summed E-state index contributed by atoms with van der Waals surface area (Å²) in [6.07, 6.45) is 56.7. The SMILES string of the molecule is CCC(C)CCCCCCCCCCCCCCCCC(=O)O[C@H](COC(=O)CCCCCCCCCCCCCCCC(C)C)COP(=O)(O)OC[C@@H](O)COP(=O)(O)OC[C@@H](COC(=O)CCCCCCCCCCC(C)CC)OC(=O)CCCCCCCCCCCCCC(C)C. The van der Waals surface area contributed by atoms with Crippen molar-refractivity contribution in [3.05, 3.63) is 0 Å². The number of aliphatic hydroxyl groups is 1. The van der Waals surface area contributed by atoms with Crippen molar-refractivity contribution in [2.24, 2.45) is 23.7 Å². The number of carbonyl (C=O) groups excluding carboxylic acids is 4. The molecular formula is C81H158O17P2. The number of ether oxygens (including phenoxy) is 4. The summed E-state index contributed by atoms with van der Waals surface area (Å²) in [5.74, 6) is 1.07. The predicted molar refractivity (Wildman–Crippen MR) is 409 cm³/mol. The number of rotatable bonds is 78. The first-order chi connectivity index (χ1) is 48.2. The Balaban J connectivity index is 5.28. The van der Waals surface area contributed by atoms with Gasteiger partial charge in [-0.3, -0.25) is 37.3 Å². The van der Waals surface area contributed by atoms with Crippen molar-refractivity contribution in [1.29, 1.82) is 0 Å². The summed E-state index contributed by atoms with van der Waals surface area (Å²) in [7, 11) is -9.92. The van der Waals surface area contributed by atoms with E-state index >= 15 is 0 Å². The monoisotopic (exact) mass is 1470 g/mol. The first-order valence-corrected chi connectivity index (χ1v) is 44.8. The Kier molecular flexibility index (Phi) is 68.7. The molecule has 0 aromatic rings. The zero-order chi connectivity index (χ0) is 73.8. The summed E-state index contributed by atoms with van der Waals surface area (Å²) < 4.78 is 68.8. The molecule has 7 atom stereocenters. The average Bonchev–Trinajstić information content (AvgIpc) is 0.912. The minimum atomic E-state index is -4.96. The van der Waals surface area contributed by atoms with Crippen LogP contribution in [0.1, 0.15) is 415 Å². The molecule has 4 unspecified atom stereocenters. The van der Waals surface area contributed by atoms with E-state index in [1.807, 2.05) is 0 Å². The Morgan fingerprint density at radius 2 is 0.480 bits per heavy atom. The van der Waals surface area contributed by atoms with E-state index in [1.54, 1.807) is 0 Å². The highest BCUT2D eigenvalue weighted by Crippen LogP contribution is 2.45. The van der Waals surface area contributed by atoms with E-state index in [4.69, 9.17) is 37.0 Å². The topological polar surface area (TPSA) is 237 Å². The van der Waals surface area contributed by atoms with Crippen LogP contribution in [0.2, 0.25) is 0 Å². The molecule has 0 aliphatic rings. The smallest absolute Gasteiger partial charge is 0.462 e. The van der Waals surface area contributed by atoms with Crippen LogP contribution < -0.4 is 0 Å². The van der Waals surface area contributed by atoms with Crippen molar-refractivity contribution in [1.82, 2.24) is 0 Å². The maximum absolute atomic E-state index is 13.1. The number of hydrogen-bond acceptors (Lipinski definition) is 15. The number of unbranched alkanes of at least 4 members (excludes halogenated alkanes) is 42. The highest BCUT2D eigenvalue weighted by molar-refractivity contribution is 7.47. The van der Waals surface area contributed by atoms with Crippen molar-refractivity contribution >= 4 is 39.5 Å². The summed E-state index contributed by atoms with van der Waals surface area (Å²) >= 11 is 0. The van der Waals surface area contributed by atoms with Gasteiger partial charge < -0.3 is 33.8 Å². The van der Waals surface area contributed by atoms with Crippen LogP contribution >= 0.6 is 15.6 Å². The fourth-order valence-electron chi connectivity index (χ4n) is 12.4. The van der Waals surface area contributed by atoms with Crippen LogP contribution in [0.5, 0.6) is 0 Å². The number of aliphatic hydroxyl groups excluding tert-OH is 1. The Bertz CT molecular complexity index is 1960. The molecule has 0 aromatic heterocycles. The maximum atomic E-state index is 13.1. The second-order valence-electron chi connectivity index (χ2n) is 30.6. The Morgan fingerprint density at radius 1 is 0.280 bits per heavy atom. The maximum Gasteiger partial charge on any atom is 0.472 e. The average molecular weight is 1470 g/mol. The molecule has 100 heavy (non-hydrogen) atoms. The zero-order valence-corrected chi connectivity index (χ0v) is 67.6. The molecule has 17 nitrogen and oxygen atoms in total. The molecule has 0 saturated carbocycles. The summed E-state index contributed by atoms with van der Waals surface area (Å²) in [6.45, 7) is 14.3. The molecule has 594 valence electrons. The van der Waals surface area contributed by atoms with Gasteiger partial charge in [-0.25, -0.2) is 9.13 Å². The highest BCUT2D eigenvalue weighted by atomic mass is 31.2. The molecule has 0 aliphatic heterocycles. The minimum Gasteiger partial charge on any atom is -0.462 e. The van der Waals surface area contributed by atoms with Gasteiger partial charge >= 0.3 is 39.5 Å². The van der Waals surface area contributed by atoms with Crippen LogP contribution in [0.15, 0.2) is 0 Å². The van der Waals surface area contributed by atoms with Crippen LogP contribution in [-0.4, -0.2) is 96.7 Å². The fraction of sp³-hybridized carbons (Fsp3) is 0.951. The summed E-state index contributed by atoms with van der Waals surface area (Å²) in [5.41, 5.74) is 0. The first-order valence-electron chi connectivity index (χ1n) is 41.8. The zero-order valence-electron chi connectivity index (χ0n) is 65.8. The molecule has 3 N–H and O–H groups in total. The molecule has 0 aromatic carbocycles. The molecule has 0 rings (SSSR count). The van der Waals surface area contributed by atoms with Gasteiger partial charge in [0.25, 0.3) is 0 Å². The fourth-order valence-corrected chi connectivity index (χ4v) is 13.9. The summed E-state index contributed by atoms with van der Waals surface area (Å²) in [5, 5.41) is 10.6. The second-order valence-corrected chi connectivity index (χ2v) is 33.5. The van der Waals surface area contributed by atoms with E-state index < -0.39 is 97.5 Å². The van der Waals surface area contributed by atoms with Gasteiger partial charge in [0.05, 0.1) is 26.4 Å². The first kappa shape index (κ1) is 98.1. The second kappa shape index (κ2) is 70.1. The molecule has 0 saturated heterocycles. The van der Waals surface area contributed by atoms with Gasteiger partial charge in [-0.2, -0.15) is 0 Å². The van der Waals surface area contributed by atoms with Crippen molar-refractivity contribution < 1.29 is 80.2 Å². The molecule has 0 spiro atoms.